The molecule has 0 atom stereocenters. The quantitative estimate of drug-likeness (QED) is 0.649. The molecule has 1 saturated heterocycles. The number of hydrogen-bond donors (Lipinski definition) is 1. The monoisotopic (exact) mass is 349 g/mol. The van der Waals surface area contributed by atoms with Crippen molar-refractivity contribution in [1.29, 1.82) is 0 Å². The Labute approximate surface area is 143 Å². The number of carbonyl (C=O) groups is 1. The van der Waals surface area contributed by atoms with Gasteiger partial charge in [0.25, 0.3) is 5.69 Å². The number of piperazine rings is 1. The number of nitro benzene ring substituents is 1. The van der Waals surface area contributed by atoms with E-state index in [4.69, 9.17) is 0 Å². The Bertz CT molecular complexity index is 755. The minimum atomic E-state index is -0.382. The second kappa shape index (κ2) is 7.10. The van der Waals surface area contributed by atoms with Gasteiger partial charge in [-0.15, -0.1) is 0 Å². The van der Waals surface area contributed by atoms with E-state index in [2.05, 4.69) is 20.1 Å². The van der Waals surface area contributed by atoms with Crippen LogP contribution in [0, 0.1) is 10.1 Å². The van der Waals surface area contributed by atoms with Crippen molar-refractivity contribution in [3.8, 4) is 0 Å². The van der Waals surface area contributed by atoms with Gasteiger partial charge in [0, 0.05) is 58.3 Å². The van der Waals surface area contributed by atoms with Gasteiger partial charge in [0.2, 0.25) is 5.91 Å². The van der Waals surface area contributed by atoms with Crippen LogP contribution in [0.1, 0.15) is 6.92 Å². The summed E-state index contributed by atoms with van der Waals surface area (Å²) < 4.78 is 0.840. The minimum absolute atomic E-state index is 0.00259. The van der Waals surface area contributed by atoms with Crippen LogP contribution in [0.4, 0.5) is 10.8 Å². The van der Waals surface area contributed by atoms with E-state index in [1.807, 2.05) is 0 Å². The Kier molecular flexibility index (Phi) is 4.91. The molecule has 1 aromatic carbocycles. The first-order chi connectivity index (χ1) is 11.5. The zero-order valence-electron chi connectivity index (χ0n) is 13.4. The number of nitro groups is 1. The number of anilines is 1. The van der Waals surface area contributed by atoms with E-state index in [1.165, 1.54) is 24.3 Å². The number of nitrogens with one attached hydrogen (secondary N) is 1. The van der Waals surface area contributed by atoms with E-state index < -0.39 is 0 Å². The summed E-state index contributed by atoms with van der Waals surface area (Å²) >= 11 is 1.49. The normalized spacial score (nSPS) is 15.6. The van der Waals surface area contributed by atoms with Gasteiger partial charge in [-0.2, -0.15) is 0 Å². The zero-order chi connectivity index (χ0) is 17.1. The van der Waals surface area contributed by atoms with E-state index in [-0.39, 0.29) is 16.5 Å². The lowest BCUT2D eigenvalue weighted by molar-refractivity contribution is -0.384. The molecule has 0 bridgehead atoms. The summed E-state index contributed by atoms with van der Waals surface area (Å²) in [6, 6.07) is 4.78. The SMILES string of the molecule is CC(=O)NCCN1CCN(c2nc3ccc([N+](=O)[O-])cc3s2)CC1. The Hall–Kier alpha value is -2.26. The van der Waals surface area contributed by atoms with E-state index in [0.717, 1.165) is 48.1 Å². The molecule has 1 fully saturated rings. The zero-order valence-corrected chi connectivity index (χ0v) is 14.2. The van der Waals surface area contributed by atoms with E-state index >= 15 is 0 Å². The van der Waals surface area contributed by atoms with E-state index in [1.54, 1.807) is 12.1 Å². The standard InChI is InChI=1S/C15H19N5O3S/c1-11(21)16-4-5-18-6-8-19(9-7-18)15-17-13-3-2-12(20(22)23)10-14(13)24-15/h2-3,10H,4-9H2,1H3,(H,16,21). The number of hydrogen-bond acceptors (Lipinski definition) is 7. The van der Waals surface area contributed by atoms with Gasteiger partial charge in [-0.25, -0.2) is 4.98 Å². The van der Waals surface area contributed by atoms with Crippen LogP contribution in [0.25, 0.3) is 10.2 Å². The largest absolute Gasteiger partial charge is 0.355 e. The average Bonchev–Trinajstić information content (AvgIpc) is 2.98. The van der Waals surface area contributed by atoms with Crippen LogP contribution in [0.3, 0.4) is 0 Å². The van der Waals surface area contributed by atoms with Crippen molar-refractivity contribution in [2.75, 3.05) is 44.2 Å². The van der Waals surface area contributed by atoms with E-state index in [9.17, 15) is 14.9 Å². The van der Waals surface area contributed by atoms with Gasteiger partial charge in [-0.3, -0.25) is 19.8 Å². The summed E-state index contributed by atoms with van der Waals surface area (Å²) in [4.78, 5) is 30.5. The minimum Gasteiger partial charge on any atom is -0.355 e. The molecule has 1 N–H and O–H groups in total. The molecule has 24 heavy (non-hydrogen) atoms. The van der Waals surface area contributed by atoms with Gasteiger partial charge in [0.15, 0.2) is 5.13 Å². The van der Waals surface area contributed by atoms with Gasteiger partial charge in [-0.05, 0) is 6.07 Å². The Morgan fingerprint density at radius 3 is 2.79 bits per heavy atom. The molecule has 128 valence electrons. The average molecular weight is 349 g/mol. The summed E-state index contributed by atoms with van der Waals surface area (Å²) in [5.74, 6) is -0.00259. The number of thiazole rings is 1. The second-order valence-electron chi connectivity index (χ2n) is 5.72. The van der Waals surface area contributed by atoms with Crippen molar-refractivity contribution in [2.45, 2.75) is 6.92 Å². The molecule has 8 nitrogen and oxygen atoms in total. The third-order valence-corrected chi connectivity index (χ3v) is 5.10. The van der Waals surface area contributed by atoms with Gasteiger partial charge in [0.05, 0.1) is 15.1 Å². The molecule has 9 heteroatoms. The summed E-state index contributed by atoms with van der Waals surface area (Å²) in [6.07, 6.45) is 0. The summed E-state index contributed by atoms with van der Waals surface area (Å²) in [5, 5.41) is 14.6. The highest BCUT2D eigenvalue weighted by molar-refractivity contribution is 7.22. The summed E-state index contributed by atoms with van der Waals surface area (Å²) in [6.45, 7) is 6.59. The van der Waals surface area contributed by atoms with Crippen LogP contribution in [-0.2, 0) is 4.79 Å². The van der Waals surface area contributed by atoms with Crippen molar-refractivity contribution in [1.82, 2.24) is 15.2 Å². The van der Waals surface area contributed by atoms with Gasteiger partial charge in [0.1, 0.15) is 0 Å². The molecular formula is C15H19N5O3S. The van der Waals surface area contributed by atoms with Gasteiger partial charge < -0.3 is 10.2 Å². The molecule has 3 rings (SSSR count). The van der Waals surface area contributed by atoms with Crippen molar-refractivity contribution in [3.05, 3.63) is 28.3 Å². The number of fused-ring (bicyclic) bond motifs is 1. The first-order valence-corrected chi connectivity index (χ1v) is 8.61. The number of non-ortho nitro benzene ring substituents is 1. The fourth-order valence-electron chi connectivity index (χ4n) is 2.70. The number of rotatable bonds is 5. The van der Waals surface area contributed by atoms with Gasteiger partial charge in [-0.1, -0.05) is 11.3 Å². The second-order valence-corrected chi connectivity index (χ2v) is 6.73. The molecule has 0 aliphatic carbocycles. The number of benzene rings is 1. The third-order valence-electron chi connectivity index (χ3n) is 4.02. The highest BCUT2D eigenvalue weighted by Crippen LogP contribution is 2.31. The molecule has 2 aromatic rings. The van der Waals surface area contributed by atoms with Crippen molar-refractivity contribution >= 4 is 38.3 Å². The van der Waals surface area contributed by atoms with Crippen LogP contribution in [0.5, 0.6) is 0 Å². The maximum absolute atomic E-state index is 10.9. The number of aromatic nitrogens is 1. The third kappa shape index (κ3) is 3.80. The Morgan fingerprint density at radius 2 is 2.12 bits per heavy atom. The molecular weight excluding hydrogens is 330 g/mol. The fraction of sp³-hybridized carbons (Fsp3) is 0.467. The molecule has 1 aliphatic rings. The topological polar surface area (TPSA) is 91.6 Å². The lowest BCUT2D eigenvalue weighted by Crippen LogP contribution is -2.48. The molecule has 2 heterocycles. The molecule has 1 amide bonds. The Balaban J connectivity index is 1.61. The smallest absolute Gasteiger partial charge is 0.270 e. The van der Waals surface area contributed by atoms with Gasteiger partial charge >= 0.3 is 0 Å². The predicted molar refractivity (Wildman–Crippen MR) is 93.6 cm³/mol. The molecule has 0 saturated carbocycles. The fourth-order valence-corrected chi connectivity index (χ4v) is 3.75. The van der Waals surface area contributed by atoms with Crippen LogP contribution in [-0.4, -0.2) is 60.0 Å². The number of amides is 1. The highest BCUT2D eigenvalue weighted by atomic mass is 32.1. The van der Waals surface area contributed by atoms with Crippen molar-refractivity contribution in [3.63, 3.8) is 0 Å². The highest BCUT2D eigenvalue weighted by Gasteiger charge is 2.20. The van der Waals surface area contributed by atoms with E-state index in [0.29, 0.717) is 6.54 Å². The predicted octanol–water partition coefficient (Wildman–Crippen LogP) is 1.46. The van der Waals surface area contributed by atoms with Crippen LogP contribution < -0.4 is 10.2 Å². The summed E-state index contributed by atoms with van der Waals surface area (Å²) in [7, 11) is 0. The number of carbonyl (C=O) groups excluding carboxylic acids is 1. The first kappa shape index (κ1) is 16.6. The maximum Gasteiger partial charge on any atom is 0.270 e. The lowest BCUT2D eigenvalue weighted by atomic mass is 10.3. The molecule has 0 radical (unpaired) electrons. The van der Waals surface area contributed by atoms with Crippen LogP contribution >= 0.6 is 11.3 Å². The van der Waals surface area contributed by atoms with Crippen molar-refractivity contribution in [2.24, 2.45) is 0 Å². The Morgan fingerprint density at radius 1 is 1.38 bits per heavy atom. The molecule has 1 aromatic heterocycles. The lowest BCUT2D eigenvalue weighted by Gasteiger charge is -2.34. The molecule has 0 unspecified atom stereocenters. The first-order valence-electron chi connectivity index (χ1n) is 7.79. The van der Waals surface area contributed by atoms with Crippen LogP contribution in [0.2, 0.25) is 0 Å². The molecule has 1 aliphatic heterocycles. The summed E-state index contributed by atoms with van der Waals surface area (Å²) in [5.41, 5.74) is 0.897. The number of nitrogens with zero attached hydrogens (tertiary/aromatic N) is 4. The maximum atomic E-state index is 10.9. The van der Waals surface area contributed by atoms with Crippen LogP contribution in [0.15, 0.2) is 18.2 Å². The molecule has 0 spiro atoms. The van der Waals surface area contributed by atoms with Crippen molar-refractivity contribution < 1.29 is 9.72 Å².